The Morgan fingerprint density at radius 2 is 0.861 bits per heavy atom. The molecule has 0 radical (unpaired) electrons. The second-order valence-corrected chi connectivity index (χ2v) is 10.4. The third-order valence-corrected chi connectivity index (χ3v) is 8.72. The van der Waals surface area contributed by atoms with E-state index in [0.29, 0.717) is 0 Å². The maximum atomic E-state index is 2.37. The van der Waals surface area contributed by atoms with E-state index in [0.717, 1.165) is 0 Å². The minimum atomic E-state index is -0.719. The van der Waals surface area contributed by atoms with E-state index in [1.165, 1.54) is 48.6 Å². The van der Waals surface area contributed by atoms with Crippen molar-refractivity contribution in [1.29, 1.82) is 0 Å². The molecular formula is C32H25Cl2PRu. The number of hydrogen-bond acceptors (Lipinski definition) is 0. The third-order valence-electron chi connectivity index (χ3n) is 6.24. The average Bonchev–Trinajstić information content (AvgIpc) is 2.90. The van der Waals surface area contributed by atoms with Crippen molar-refractivity contribution < 1.29 is 19.5 Å². The largest absolute Gasteiger partial charge is 0.147 e. The van der Waals surface area contributed by atoms with Crippen LogP contribution in [0, 0.1) is 0 Å². The molecule has 0 fully saturated rings. The summed E-state index contributed by atoms with van der Waals surface area (Å²) in [4.78, 5) is 0. The van der Waals surface area contributed by atoms with Gasteiger partial charge in [0.2, 0.25) is 0 Å². The maximum Gasteiger partial charge on any atom is 0 e. The molecule has 36 heavy (non-hydrogen) atoms. The van der Waals surface area contributed by atoms with E-state index >= 15 is 0 Å². The van der Waals surface area contributed by atoms with E-state index in [1.807, 2.05) is 0 Å². The van der Waals surface area contributed by atoms with Crippen LogP contribution in [0.3, 0.4) is 0 Å². The monoisotopic (exact) mass is 612 g/mol. The molecule has 0 N–H and O–H groups in total. The predicted molar refractivity (Wildman–Crippen MR) is 160 cm³/mol. The van der Waals surface area contributed by atoms with Crippen molar-refractivity contribution in [1.82, 2.24) is 0 Å². The Morgan fingerprint density at radius 1 is 0.389 bits per heavy atom. The second kappa shape index (κ2) is 12.6. The third kappa shape index (κ3) is 5.27. The summed E-state index contributed by atoms with van der Waals surface area (Å²) in [5.74, 6) is 0. The summed E-state index contributed by atoms with van der Waals surface area (Å²) in [6.45, 7) is 0. The van der Waals surface area contributed by atoms with Crippen molar-refractivity contribution in [3.8, 4) is 11.1 Å². The molecule has 0 aliphatic rings. The average molecular weight is 613 g/mol. The van der Waals surface area contributed by atoms with Crippen molar-refractivity contribution in [3.05, 3.63) is 140 Å². The van der Waals surface area contributed by atoms with E-state index in [-0.39, 0.29) is 44.3 Å². The zero-order valence-corrected chi connectivity index (χ0v) is 23.7. The summed E-state index contributed by atoms with van der Waals surface area (Å²) in [5, 5.41) is 9.31. The Morgan fingerprint density at radius 3 is 1.47 bits per heavy atom. The van der Waals surface area contributed by atoms with Crippen LogP contribution >= 0.6 is 32.7 Å². The van der Waals surface area contributed by atoms with E-state index in [2.05, 4.69) is 140 Å². The molecule has 4 heteroatoms. The molecule has 0 aliphatic carbocycles. The Kier molecular flexibility index (Phi) is 9.84. The van der Waals surface area contributed by atoms with Crippen LogP contribution in [0.2, 0.25) is 0 Å². The molecule has 6 aromatic rings. The van der Waals surface area contributed by atoms with Crippen LogP contribution in [0.15, 0.2) is 140 Å². The SMILES string of the molecule is Cl.Cl.[Ru].c1ccc(P(c2ccccc2)c2ccc3ccccc3c2-c2cccc3ccccc23)cc1. The van der Waals surface area contributed by atoms with Gasteiger partial charge in [-0.25, -0.2) is 0 Å². The molecule has 0 atom stereocenters. The van der Waals surface area contributed by atoms with E-state index in [4.69, 9.17) is 0 Å². The minimum absolute atomic E-state index is 0. The van der Waals surface area contributed by atoms with Crippen molar-refractivity contribution in [2.45, 2.75) is 0 Å². The molecule has 0 unspecified atom stereocenters. The zero-order chi connectivity index (χ0) is 22.0. The first-order valence-electron chi connectivity index (χ1n) is 11.3. The van der Waals surface area contributed by atoms with Gasteiger partial charge in [0.05, 0.1) is 0 Å². The summed E-state index contributed by atoms with van der Waals surface area (Å²) in [7, 11) is -0.719. The van der Waals surface area contributed by atoms with Crippen LogP contribution in [0.5, 0.6) is 0 Å². The van der Waals surface area contributed by atoms with Gasteiger partial charge in [0.1, 0.15) is 0 Å². The molecule has 0 heterocycles. The van der Waals surface area contributed by atoms with Crippen LogP contribution in [0.4, 0.5) is 0 Å². The zero-order valence-electron chi connectivity index (χ0n) is 19.4. The van der Waals surface area contributed by atoms with Gasteiger partial charge in [-0.3, -0.25) is 0 Å². The number of benzene rings is 6. The Balaban J connectivity index is 0.00000120. The van der Waals surface area contributed by atoms with Gasteiger partial charge in [-0.15, -0.1) is 24.8 Å². The minimum Gasteiger partial charge on any atom is -0.147 e. The molecule has 0 aromatic heterocycles. The fraction of sp³-hybridized carbons (Fsp3) is 0. The molecule has 0 amide bonds. The van der Waals surface area contributed by atoms with Gasteiger partial charge in [0.15, 0.2) is 0 Å². The van der Waals surface area contributed by atoms with Crippen LogP contribution in [0.25, 0.3) is 32.7 Å². The summed E-state index contributed by atoms with van der Waals surface area (Å²) in [6.07, 6.45) is 0. The van der Waals surface area contributed by atoms with Crippen molar-refractivity contribution >= 4 is 70.2 Å². The predicted octanol–water partition coefficient (Wildman–Crippen LogP) is 8.26. The standard InChI is InChI=1S/C32H23P.2ClH.Ru/c1-3-15-26(16-4-1)33(27-17-5-2-6-18-27)31-23-22-25-13-8-10-20-29(25)32(31)30-21-11-14-24-12-7-9-19-28(24)30;;;/h1-23H;2*1H;. The fourth-order valence-corrected chi connectivity index (χ4v) is 7.24. The van der Waals surface area contributed by atoms with Crippen LogP contribution in [-0.2, 0) is 19.5 Å². The summed E-state index contributed by atoms with van der Waals surface area (Å²) < 4.78 is 0. The number of halogens is 2. The molecular weight excluding hydrogens is 587 g/mol. The quantitative estimate of drug-likeness (QED) is 0.139. The summed E-state index contributed by atoms with van der Waals surface area (Å²) in [5.41, 5.74) is 2.66. The maximum absolute atomic E-state index is 2.37. The number of hydrogen-bond donors (Lipinski definition) is 0. The molecule has 0 nitrogen and oxygen atoms in total. The van der Waals surface area contributed by atoms with Gasteiger partial charge in [-0.05, 0) is 56.5 Å². The van der Waals surface area contributed by atoms with Gasteiger partial charge in [0.25, 0.3) is 0 Å². The van der Waals surface area contributed by atoms with Gasteiger partial charge in [0, 0.05) is 19.5 Å². The molecule has 0 spiro atoms. The van der Waals surface area contributed by atoms with Crippen molar-refractivity contribution in [3.63, 3.8) is 0 Å². The van der Waals surface area contributed by atoms with E-state index in [1.54, 1.807) is 0 Å². The van der Waals surface area contributed by atoms with Crippen molar-refractivity contribution in [2.24, 2.45) is 0 Å². The van der Waals surface area contributed by atoms with Crippen LogP contribution < -0.4 is 15.9 Å². The molecule has 0 saturated heterocycles. The van der Waals surface area contributed by atoms with Gasteiger partial charge >= 0.3 is 0 Å². The van der Waals surface area contributed by atoms with Crippen LogP contribution in [-0.4, -0.2) is 0 Å². The smallest absolute Gasteiger partial charge is 0 e. The van der Waals surface area contributed by atoms with E-state index < -0.39 is 7.92 Å². The fourth-order valence-electron chi connectivity index (χ4n) is 4.75. The molecule has 6 rings (SSSR count). The topological polar surface area (TPSA) is 0 Å². The van der Waals surface area contributed by atoms with Gasteiger partial charge in [-0.2, -0.15) is 0 Å². The molecule has 0 saturated carbocycles. The molecule has 180 valence electrons. The van der Waals surface area contributed by atoms with Crippen molar-refractivity contribution in [2.75, 3.05) is 0 Å². The number of fused-ring (bicyclic) bond motifs is 2. The summed E-state index contributed by atoms with van der Waals surface area (Å²) >= 11 is 0. The Hall–Kier alpha value is -2.53. The second-order valence-electron chi connectivity index (χ2n) is 8.21. The van der Waals surface area contributed by atoms with E-state index in [9.17, 15) is 0 Å². The molecule has 0 bridgehead atoms. The molecule has 0 aliphatic heterocycles. The van der Waals surface area contributed by atoms with Crippen LogP contribution in [0.1, 0.15) is 0 Å². The number of rotatable bonds is 4. The Labute approximate surface area is 239 Å². The summed E-state index contributed by atoms with van der Waals surface area (Å²) in [6, 6.07) is 50.8. The van der Waals surface area contributed by atoms with Gasteiger partial charge in [-0.1, -0.05) is 140 Å². The van der Waals surface area contributed by atoms with Gasteiger partial charge < -0.3 is 0 Å². The first-order valence-corrected chi connectivity index (χ1v) is 12.6. The Bertz CT molecular complexity index is 1530. The normalized spacial score (nSPS) is 10.4. The first kappa shape index (κ1) is 28.1. The molecule has 6 aromatic carbocycles. The first-order chi connectivity index (χ1) is 16.4.